The van der Waals surface area contributed by atoms with Crippen LogP contribution in [0, 0.1) is 11.3 Å². The van der Waals surface area contributed by atoms with E-state index in [-0.39, 0.29) is 17.2 Å². The number of hydrogen-bond donors (Lipinski definition) is 2. The molecule has 0 saturated heterocycles. The number of nitrogens with one attached hydrogen (secondary N) is 2. The number of benzene rings is 3. The minimum atomic E-state index is -0.547. The third-order valence-corrected chi connectivity index (χ3v) is 4.89. The Hall–Kier alpha value is -4.41. The van der Waals surface area contributed by atoms with Gasteiger partial charge in [0.15, 0.2) is 0 Å². The van der Waals surface area contributed by atoms with Crippen LogP contribution < -0.4 is 15.7 Å². The first-order valence-electron chi connectivity index (χ1n) is 9.99. The number of hydrogen-bond acceptors (Lipinski definition) is 6. The van der Waals surface area contributed by atoms with E-state index in [4.69, 9.17) is 16.3 Å². The minimum Gasteiger partial charge on any atom is -0.488 e. The van der Waals surface area contributed by atoms with Crippen molar-refractivity contribution in [3.8, 4) is 23.1 Å². The molecule has 0 fully saturated rings. The molecule has 33 heavy (non-hydrogen) atoms. The molecule has 0 atom stereocenters. The highest BCUT2D eigenvalue weighted by molar-refractivity contribution is 6.30. The number of nitriles is 1. The molecule has 0 aliphatic heterocycles. The molecular formula is C25H18ClN5O2. The molecule has 4 aromatic rings. The summed E-state index contributed by atoms with van der Waals surface area (Å²) < 4.78 is 5.92. The average Bonchev–Trinajstić information content (AvgIpc) is 2.84. The third-order valence-electron chi connectivity index (χ3n) is 4.65. The first-order chi connectivity index (χ1) is 16.1. The molecule has 2 N–H and O–H groups in total. The Balaban J connectivity index is 1.53. The highest BCUT2D eigenvalue weighted by Gasteiger charge is 2.13. The minimum absolute atomic E-state index is 0.0597. The lowest BCUT2D eigenvalue weighted by Gasteiger charge is -2.09. The Morgan fingerprint density at radius 2 is 1.88 bits per heavy atom. The van der Waals surface area contributed by atoms with Gasteiger partial charge in [0.1, 0.15) is 24.0 Å². The van der Waals surface area contributed by atoms with Crippen molar-refractivity contribution in [2.24, 2.45) is 5.10 Å². The van der Waals surface area contributed by atoms with Crippen molar-refractivity contribution >= 4 is 23.8 Å². The Bertz CT molecular complexity index is 1390. The van der Waals surface area contributed by atoms with E-state index in [0.29, 0.717) is 22.9 Å². The predicted molar refractivity (Wildman–Crippen MR) is 128 cm³/mol. The maximum absolute atomic E-state index is 12.4. The van der Waals surface area contributed by atoms with E-state index in [0.717, 1.165) is 11.1 Å². The van der Waals surface area contributed by atoms with Crippen LogP contribution in [0.1, 0.15) is 16.7 Å². The number of halogens is 1. The van der Waals surface area contributed by atoms with Crippen LogP contribution in [-0.4, -0.2) is 16.2 Å². The first kappa shape index (κ1) is 21.8. The molecule has 0 unspecified atom stereocenters. The van der Waals surface area contributed by atoms with Crippen molar-refractivity contribution in [1.82, 2.24) is 9.97 Å². The molecule has 8 heteroatoms. The lowest BCUT2D eigenvalue weighted by Crippen LogP contribution is -2.16. The number of nitrogens with zero attached hydrogens (tertiary/aromatic N) is 3. The quantitative estimate of drug-likeness (QED) is 0.302. The topological polar surface area (TPSA) is 103 Å². The van der Waals surface area contributed by atoms with Gasteiger partial charge in [0.25, 0.3) is 5.56 Å². The SMILES string of the molecule is N#Cc1c(-c2ccccc2)nc(NN=Cc2ccccc2OCc2cccc(Cl)c2)[nH]c1=O. The number of hydrazone groups is 1. The van der Waals surface area contributed by atoms with E-state index in [1.54, 1.807) is 18.3 Å². The summed E-state index contributed by atoms with van der Waals surface area (Å²) in [5.74, 6) is 0.751. The summed E-state index contributed by atoms with van der Waals surface area (Å²) in [4.78, 5) is 19.3. The third kappa shape index (κ3) is 5.45. The van der Waals surface area contributed by atoms with Crippen LogP contribution in [-0.2, 0) is 6.61 Å². The maximum Gasteiger partial charge on any atom is 0.270 e. The number of H-pyrrole nitrogens is 1. The van der Waals surface area contributed by atoms with Crippen molar-refractivity contribution in [3.63, 3.8) is 0 Å². The maximum atomic E-state index is 12.4. The molecule has 1 heterocycles. The second kappa shape index (κ2) is 10.3. The molecular weight excluding hydrogens is 438 g/mol. The van der Waals surface area contributed by atoms with Gasteiger partial charge in [-0.25, -0.2) is 10.4 Å². The molecule has 0 radical (unpaired) electrons. The molecule has 0 aliphatic carbocycles. The summed E-state index contributed by atoms with van der Waals surface area (Å²) in [6.07, 6.45) is 1.56. The molecule has 3 aromatic carbocycles. The molecule has 0 bridgehead atoms. The first-order valence-corrected chi connectivity index (χ1v) is 10.4. The number of anilines is 1. The van der Waals surface area contributed by atoms with Gasteiger partial charge in [-0.15, -0.1) is 0 Å². The zero-order valence-electron chi connectivity index (χ0n) is 17.3. The summed E-state index contributed by atoms with van der Waals surface area (Å²) in [6.45, 7) is 0.351. The van der Waals surface area contributed by atoms with E-state index in [1.807, 2.05) is 72.8 Å². The number of ether oxygens (including phenoxy) is 1. The number of rotatable bonds is 7. The zero-order valence-corrected chi connectivity index (χ0v) is 18.1. The van der Waals surface area contributed by atoms with Gasteiger partial charge in [-0.1, -0.05) is 66.2 Å². The summed E-state index contributed by atoms with van der Waals surface area (Å²) >= 11 is 6.03. The van der Waals surface area contributed by atoms with Crippen LogP contribution in [0.25, 0.3) is 11.3 Å². The van der Waals surface area contributed by atoms with E-state index in [9.17, 15) is 10.1 Å². The normalized spacial score (nSPS) is 10.7. The monoisotopic (exact) mass is 455 g/mol. The van der Waals surface area contributed by atoms with E-state index >= 15 is 0 Å². The highest BCUT2D eigenvalue weighted by Crippen LogP contribution is 2.21. The van der Waals surface area contributed by atoms with Crippen LogP contribution in [0.5, 0.6) is 5.75 Å². The Labute approximate surface area is 195 Å². The number of aromatic nitrogens is 2. The summed E-state index contributed by atoms with van der Waals surface area (Å²) in [5, 5.41) is 14.2. The summed E-state index contributed by atoms with van der Waals surface area (Å²) in [6, 6.07) is 25.8. The smallest absolute Gasteiger partial charge is 0.270 e. The van der Waals surface area contributed by atoms with Crippen molar-refractivity contribution < 1.29 is 4.74 Å². The van der Waals surface area contributed by atoms with Gasteiger partial charge < -0.3 is 4.74 Å². The number of para-hydroxylation sites is 1. The number of aromatic amines is 1. The fraction of sp³-hybridized carbons (Fsp3) is 0.0400. The second-order valence-corrected chi connectivity index (χ2v) is 7.38. The van der Waals surface area contributed by atoms with Crippen molar-refractivity contribution in [3.05, 3.63) is 111 Å². The fourth-order valence-corrected chi connectivity index (χ4v) is 3.32. The second-order valence-electron chi connectivity index (χ2n) is 6.94. The van der Waals surface area contributed by atoms with Crippen LogP contribution in [0.3, 0.4) is 0 Å². The Morgan fingerprint density at radius 3 is 2.67 bits per heavy atom. The van der Waals surface area contributed by atoms with Crippen LogP contribution in [0.2, 0.25) is 5.02 Å². The van der Waals surface area contributed by atoms with Gasteiger partial charge in [-0.2, -0.15) is 10.4 Å². The molecule has 162 valence electrons. The van der Waals surface area contributed by atoms with Gasteiger partial charge >= 0.3 is 0 Å². The van der Waals surface area contributed by atoms with Crippen molar-refractivity contribution in [2.75, 3.05) is 5.43 Å². The molecule has 0 aliphatic rings. The van der Waals surface area contributed by atoms with Gasteiger partial charge in [-0.3, -0.25) is 9.78 Å². The van der Waals surface area contributed by atoms with E-state index in [1.165, 1.54) is 0 Å². The molecule has 0 saturated carbocycles. The zero-order chi connectivity index (χ0) is 23.0. The lowest BCUT2D eigenvalue weighted by molar-refractivity contribution is 0.306. The molecule has 4 rings (SSSR count). The van der Waals surface area contributed by atoms with E-state index < -0.39 is 5.56 Å². The Kier molecular flexibility index (Phi) is 6.78. The van der Waals surface area contributed by atoms with Crippen LogP contribution in [0.15, 0.2) is 88.8 Å². The lowest BCUT2D eigenvalue weighted by atomic mass is 10.1. The van der Waals surface area contributed by atoms with Crippen LogP contribution in [0.4, 0.5) is 5.95 Å². The molecule has 0 spiro atoms. The summed E-state index contributed by atoms with van der Waals surface area (Å²) in [7, 11) is 0. The van der Waals surface area contributed by atoms with Crippen molar-refractivity contribution in [1.29, 1.82) is 5.26 Å². The van der Waals surface area contributed by atoms with Gasteiger partial charge in [0.2, 0.25) is 5.95 Å². The largest absolute Gasteiger partial charge is 0.488 e. The van der Waals surface area contributed by atoms with Crippen molar-refractivity contribution in [2.45, 2.75) is 6.61 Å². The summed E-state index contributed by atoms with van der Waals surface area (Å²) in [5.41, 5.74) is 4.73. The van der Waals surface area contributed by atoms with Gasteiger partial charge in [0, 0.05) is 16.1 Å². The predicted octanol–water partition coefficient (Wildman–Crippen LogP) is 4.99. The highest BCUT2D eigenvalue weighted by atomic mass is 35.5. The van der Waals surface area contributed by atoms with Gasteiger partial charge in [0.05, 0.1) is 11.9 Å². The molecule has 1 aromatic heterocycles. The average molecular weight is 456 g/mol. The van der Waals surface area contributed by atoms with Gasteiger partial charge in [-0.05, 0) is 29.8 Å². The fourth-order valence-electron chi connectivity index (χ4n) is 3.10. The molecule has 7 nitrogen and oxygen atoms in total. The van der Waals surface area contributed by atoms with Crippen LogP contribution >= 0.6 is 11.6 Å². The molecule has 0 amide bonds. The Morgan fingerprint density at radius 1 is 1.09 bits per heavy atom. The standard InChI is InChI=1S/C25H18ClN5O2/c26-20-11-6-7-17(13-20)16-33-22-12-5-4-10-19(22)15-28-31-25-29-23(18-8-2-1-3-9-18)21(14-27)24(32)30-25/h1-13,15H,16H2,(H2,29,30,31,32). The van der Waals surface area contributed by atoms with E-state index in [2.05, 4.69) is 20.5 Å².